The highest BCUT2D eigenvalue weighted by Crippen LogP contribution is 2.32. The minimum Gasteiger partial charge on any atom is -0.505 e. The van der Waals surface area contributed by atoms with E-state index in [1.807, 2.05) is 0 Å². The molecule has 0 saturated carbocycles. The predicted octanol–water partition coefficient (Wildman–Crippen LogP) is 1.54. The molecule has 0 saturated heterocycles. The molecule has 0 unspecified atom stereocenters. The van der Waals surface area contributed by atoms with Crippen molar-refractivity contribution in [2.24, 2.45) is 10.2 Å². The van der Waals surface area contributed by atoms with Crippen molar-refractivity contribution in [3.63, 3.8) is 0 Å². The zero-order valence-electron chi connectivity index (χ0n) is 13.0. The fourth-order valence-corrected chi connectivity index (χ4v) is 1.92. The number of phenolic OH excluding ortho intramolecular Hbond substituents is 1. The van der Waals surface area contributed by atoms with E-state index in [0.29, 0.717) is 6.54 Å². The maximum absolute atomic E-state index is 12.0. The standard InChI is InChI=1S/C15H16N4O4/c1-4-16-18-11-10(13(21)14(11)22)17-9-7-5-6-8(12(9)20)15(23)19(2)3/h5-7,17,20H,4H2,1-3H3. The van der Waals surface area contributed by atoms with Crippen molar-refractivity contribution in [3.05, 3.63) is 44.2 Å². The summed E-state index contributed by atoms with van der Waals surface area (Å²) in [6, 6.07) is 4.50. The van der Waals surface area contributed by atoms with E-state index < -0.39 is 10.9 Å². The van der Waals surface area contributed by atoms with Gasteiger partial charge in [0.15, 0.2) is 11.4 Å². The molecule has 0 atom stereocenters. The molecule has 1 amide bonds. The van der Waals surface area contributed by atoms with E-state index in [-0.39, 0.29) is 34.3 Å². The third-order valence-corrected chi connectivity index (χ3v) is 3.13. The number of para-hydroxylation sites is 1. The zero-order valence-corrected chi connectivity index (χ0v) is 13.0. The molecule has 2 N–H and O–H groups in total. The van der Waals surface area contributed by atoms with E-state index in [9.17, 15) is 19.5 Å². The third-order valence-electron chi connectivity index (χ3n) is 3.13. The summed E-state index contributed by atoms with van der Waals surface area (Å²) < 4.78 is 0. The van der Waals surface area contributed by atoms with Crippen LogP contribution in [0.5, 0.6) is 5.75 Å². The van der Waals surface area contributed by atoms with Crippen LogP contribution < -0.4 is 16.2 Å². The first-order valence-corrected chi connectivity index (χ1v) is 6.89. The molecule has 2 aromatic carbocycles. The lowest BCUT2D eigenvalue weighted by molar-refractivity contribution is 0.0825. The normalized spacial score (nSPS) is 11.1. The summed E-state index contributed by atoms with van der Waals surface area (Å²) >= 11 is 0. The summed E-state index contributed by atoms with van der Waals surface area (Å²) in [4.78, 5) is 36.4. The van der Waals surface area contributed by atoms with Crippen LogP contribution in [-0.4, -0.2) is 36.6 Å². The Morgan fingerprint density at radius 2 is 1.96 bits per heavy atom. The van der Waals surface area contributed by atoms with Crippen molar-refractivity contribution in [1.29, 1.82) is 0 Å². The van der Waals surface area contributed by atoms with Crippen molar-refractivity contribution < 1.29 is 9.90 Å². The second-order valence-electron chi connectivity index (χ2n) is 4.97. The minimum absolute atomic E-state index is 0.0445. The van der Waals surface area contributed by atoms with Crippen molar-refractivity contribution in [2.75, 3.05) is 26.0 Å². The van der Waals surface area contributed by atoms with Crippen LogP contribution in [0.1, 0.15) is 17.3 Å². The Kier molecular flexibility index (Phi) is 4.54. The lowest BCUT2D eigenvalue weighted by Crippen LogP contribution is -2.32. The molecule has 8 heteroatoms. The number of nitrogens with one attached hydrogen (secondary N) is 1. The van der Waals surface area contributed by atoms with Gasteiger partial charge in [-0.25, -0.2) is 0 Å². The SMILES string of the molecule is CCN=Nc1c(Nc2cccc(C(=O)N(C)C)c2O)c(=O)c1=O. The number of aromatic hydroxyl groups is 1. The lowest BCUT2D eigenvalue weighted by Gasteiger charge is -2.15. The number of carbonyl (C=O) groups excluding carboxylic acids is 1. The Balaban J connectivity index is 2.40. The van der Waals surface area contributed by atoms with E-state index >= 15 is 0 Å². The molecule has 0 aliphatic carbocycles. The highest BCUT2D eigenvalue weighted by atomic mass is 16.3. The first-order chi connectivity index (χ1) is 10.9. The van der Waals surface area contributed by atoms with Crippen LogP contribution in [0.3, 0.4) is 0 Å². The number of anilines is 2. The fourth-order valence-electron chi connectivity index (χ4n) is 1.92. The average molecular weight is 316 g/mol. The third kappa shape index (κ3) is 2.96. The molecule has 0 aromatic heterocycles. The number of carbonyl (C=O) groups is 1. The molecule has 0 aliphatic rings. The number of hydrogen-bond donors (Lipinski definition) is 2. The molecule has 120 valence electrons. The first kappa shape index (κ1) is 16.3. The Morgan fingerprint density at radius 1 is 1.26 bits per heavy atom. The summed E-state index contributed by atoms with van der Waals surface area (Å²) in [5.41, 5.74) is -1.38. The van der Waals surface area contributed by atoms with Gasteiger partial charge in [0.2, 0.25) is 0 Å². The maximum Gasteiger partial charge on any atom is 0.257 e. The highest BCUT2D eigenvalue weighted by Gasteiger charge is 2.23. The number of rotatable bonds is 5. The van der Waals surface area contributed by atoms with Gasteiger partial charge in [-0.15, -0.1) is 5.11 Å². The number of benzene rings is 1. The highest BCUT2D eigenvalue weighted by molar-refractivity contribution is 5.99. The van der Waals surface area contributed by atoms with E-state index in [0.717, 1.165) is 0 Å². The van der Waals surface area contributed by atoms with E-state index in [2.05, 4.69) is 15.5 Å². The van der Waals surface area contributed by atoms with E-state index in [1.54, 1.807) is 27.1 Å². The van der Waals surface area contributed by atoms with Gasteiger partial charge in [-0.1, -0.05) is 6.07 Å². The first-order valence-electron chi connectivity index (χ1n) is 6.89. The van der Waals surface area contributed by atoms with Crippen molar-refractivity contribution in [3.8, 4) is 5.75 Å². The molecule has 0 heterocycles. The van der Waals surface area contributed by atoms with Crippen LogP contribution in [-0.2, 0) is 0 Å². The van der Waals surface area contributed by atoms with Crippen molar-refractivity contribution in [1.82, 2.24) is 4.90 Å². The summed E-state index contributed by atoms with van der Waals surface area (Å²) in [6.07, 6.45) is 0. The van der Waals surface area contributed by atoms with E-state index in [1.165, 1.54) is 17.0 Å². The summed E-state index contributed by atoms with van der Waals surface area (Å²) in [7, 11) is 3.11. The van der Waals surface area contributed by atoms with Gasteiger partial charge < -0.3 is 15.3 Å². The van der Waals surface area contributed by atoms with Gasteiger partial charge in [0.05, 0.1) is 17.8 Å². The topological polar surface area (TPSA) is 111 Å². The van der Waals surface area contributed by atoms with Gasteiger partial charge in [-0.2, -0.15) is 5.11 Å². The molecule has 0 fully saturated rings. The Labute approximate surface area is 131 Å². The quantitative estimate of drug-likeness (QED) is 0.493. The largest absolute Gasteiger partial charge is 0.505 e. The molecule has 0 radical (unpaired) electrons. The van der Waals surface area contributed by atoms with Gasteiger partial charge in [0, 0.05) is 14.1 Å². The van der Waals surface area contributed by atoms with Gasteiger partial charge >= 0.3 is 0 Å². The minimum atomic E-state index is -0.737. The lowest BCUT2D eigenvalue weighted by atomic mass is 10.1. The second kappa shape index (κ2) is 6.39. The molecule has 2 aromatic rings. The molecule has 0 aliphatic heterocycles. The zero-order chi connectivity index (χ0) is 17.1. The monoisotopic (exact) mass is 316 g/mol. The van der Waals surface area contributed by atoms with E-state index in [4.69, 9.17) is 0 Å². The van der Waals surface area contributed by atoms with Gasteiger partial charge in [-0.05, 0) is 19.1 Å². The maximum atomic E-state index is 12.0. The van der Waals surface area contributed by atoms with Gasteiger partial charge in [0.25, 0.3) is 16.8 Å². The predicted molar refractivity (Wildman–Crippen MR) is 85.8 cm³/mol. The molecule has 0 spiro atoms. The number of amides is 1. The number of azo groups is 1. The smallest absolute Gasteiger partial charge is 0.257 e. The molecular weight excluding hydrogens is 300 g/mol. The van der Waals surface area contributed by atoms with Crippen molar-refractivity contribution >= 4 is 23.0 Å². The van der Waals surface area contributed by atoms with Gasteiger partial charge in [-0.3, -0.25) is 14.4 Å². The summed E-state index contributed by atoms with van der Waals surface area (Å²) in [5, 5.41) is 20.2. The molecule has 23 heavy (non-hydrogen) atoms. The van der Waals surface area contributed by atoms with Crippen molar-refractivity contribution in [2.45, 2.75) is 6.92 Å². The average Bonchev–Trinajstić information content (AvgIpc) is 2.54. The Morgan fingerprint density at radius 3 is 2.57 bits per heavy atom. The number of hydrogen-bond acceptors (Lipinski definition) is 7. The fraction of sp³-hybridized carbons (Fsp3) is 0.267. The molecule has 2 rings (SSSR count). The molecule has 8 nitrogen and oxygen atoms in total. The van der Waals surface area contributed by atoms with Gasteiger partial charge in [0.1, 0.15) is 5.69 Å². The van der Waals surface area contributed by atoms with Crippen LogP contribution in [0, 0.1) is 0 Å². The number of nitrogens with zero attached hydrogens (tertiary/aromatic N) is 3. The second-order valence-corrected chi connectivity index (χ2v) is 4.97. The van der Waals surface area contributed by atoms with Crippen LogP contribution in [0.25, 0.3) is 0 Å². The molecular formula is C15H16N4O4. The Hall–Kier alpha value is -3.03. The summed E-state index contributed by atoms with van der Waals surface area (Å²) in [6.45, 7) is 2.11. The van der Waals surface area contributed by atoms with Crippen LogP contribution >= 0.6 is 0 Å². The molecule has 0 bridgehead atoms. The van der Waals surface area contributed by atoms with Crippen LogP contribution in [0.4, 0.5) is 17.1 Å². The Bertz CT molecular complexity index is 848. The van der Waals surface area contributed by atoms with Crippen LogP contribution in [0.15, 0.2) is 38.0 Å². The number of phenols is 1. The summed E-state index contributed by atoms with van der Waals surface area (Å²) in [5.74, 6) is -0.695. The van der Waals surface area contributed by atoms with Crippen LogP contribution in [0.2, 0.25) is 0 Å².